The van der Waals surface area contributed by atoms with Crippen molar-refractivity contribution >= 4 is 5.82 Å². The van der Waals surface area contributed by atoms with Crippen LogP contribution in [-0.4, -0.2) is 23.1 Å². The third kappa shape index (κ3) is 1.31. The molecule has 1 aliphatic rings. The summed E-state index contributed by atoms with van der Waals surface area (Å²) in [7, 11) is 0. The highest BCUT2D eigenvalue weighted by atomic mass is 15.2. The Balaban J connectivity index is 2.16. The minimum Gasteiger partial charge on any atom is -0.356 e. The highest BCUT2D eigenvalue weighted by molar-refractivity contribution is 5.38. The molecule has 11 heavy (non-hydrogen) atoms. The minimum absolute atomic E-state index is 1.02. The summed E-state index contributed by atoms with van der Waals surface area (Å²) in [5.74, 6) is 1.04. The van der Waals surface area contributed by atoms with Crippen LogP contribution >= 0.6 is 0 Å². The molecule has 2 heterocycles. The highest BCUT2D eigenvalue weighted by Crippen LogP contribution is 2.14. The van der Waals surface area contributed by atoms with E-state index in [2.05, 4.69) is 21.3 Å². The molecule has 3 heteroatoms. The molecule has 0 aliphatic carbocycles. The summed E-state index contributed by atoms with van der Waals surface area (Å²) in [6.45, 7) is 2.12. The summed E-state index contributed by atoms with van der Waals surface area (Å²) >= 11 is 0. The van der Waals surface area contributed by atoms with Gasteiger partial charge in [0.05, 0.1) is 0 Å². The molecule has 1 fully saturated rings. The number of nitrogens with zero attached hydrogens (tertiary/aromatic N) is 3. The van der Waals surface area contributed by atoms with Crippen LogP contribution in [0.2, 0.25) is 0 Å². The maximum atomic E-state index is 4.16. The topological polar surface area (TPSA) is 29.0 Å². The van der Waals surface area contributed by atoms with Crippen molar-refractivity contribution in [3.8, 4) is 0 Å². The van der Waals surface area contributed by atoms with Crippen molar-refractivity contribution in [3.63, 3.8) is 0 Å². The molecule has 0 amide bonds. The van der Waals surface area contributed by atoms with Crippen LogP contribution in [0.1, 0.15) is 6.42 Å². The Bertz CT molecular complexity index is 216. The van der Waals surface area contributed by atoms with E-state index in [1.54, 1.807) is 12.5 Å². The normalized spacial score (nSPS) is 17.3. The van der Waals surface area contributed by atoms with Gasteiger partial charge in [0, 0.05) is 19.3 Å². The molecule has 0 N–H and O–H groups in total. The van der Waals surface area contributed by atoms with Gasteiger partial charge in [-0.05, 0) is 18.9 Å². The van der Waals surface area contributed by atoms with Crippen LogP contribution in [0.5, 0.6) is 0 Å². The fraction of sp³-hybridized carbons (Fsp3) is 0.375. The lowest BCUT2D eigenvalue weighted by molar-refractivity contribution is 0.928. The van der Waals surface area contributed by atoms with Gasteiger partial charge in [-0.2, -0.15) is 0 Å². The molecule has 1 saturated heterocycles. The van der Waals surface area contributed by atoms with Gasteiger partial charge in [0.25, 0.3) is 0 Å². The first-order chi connectivity index (χ1) is 5.47. The van der Waals surface area contributed by atoms with Crippen LogP contribution in [0.4, 0.5) is 5.82 Å². The molecule has 3 nitrogen and oxygen atoms in total. The number of rotatable bonds is 1. The van der Waals surface area contributed by atoms with Crippen molar-refractivity contribution in [1.82, 2.24) is 9.97 Å². The lowest BCUT2D eigenvalue weighted by Gasteiger charge is -2.14. The Kier molecular flexibility index (Phi) is 1.71. The van der Waals surface area contributed by atoms with E-state index in [9.17, 15) is 0 Å². The van der Waals surface area contributed by atoms with Crippen molar-refractivity contribution in [2.75, 3.05) is 18.0 Å². The smallest absolute Gasteiger partial charge is 0.131 e. The standard InChI is InChI=1S/C8H10N3/c1-2-6-11(5-1)8-3-4-9-7-10-8/h1,3-4,7H,2,5-6H2. The number of aromatic nitrogens is 2. The van der Waals surface area contributed by atoms with Gasteiger partial charge in [0.15, 0.2) is 0 Å². The molecule has 1 aromatic heterocycles. The first-order valence-corrected chi connectivity index (χ1v) is 3.79. The highest BCUT2D eigenvalue weighted by Gasteiger charge is 2.12. The maximum Gasteiger partial charge on any atom is 0.131 e. The van der Waals surface area contributed by atoms with Crippen molar-refractivity contribution in [2.24, 2.45) is 0 Å². The molecule has 1 aromatic rings. The van der Waals surface area contributed by atoms with Crippen LogP contribution < -0.4 is 4.90 Å². The Hall–Kier alpha value is -1.12. The van der Waals surface area contributed by atoms with Gasteiger partial charge in [-0.1, -0.05) is 0 Å². The Morgan fingerprint density at radius 3 is 3.09 bits per heavy atom. The Morgan fingerprint density at radius 2 is 2.45 bits per heavy atom. The van der Waals surface area contributed by atoms with E-state index >= 15 is 0 Å². The monoisotopic (exact) mass is 148 g/mol. The van der Waals surface area contributed by atoms with Gasteiger partial charge in [0.2, 0.25) is 0 Å². The SMILES string of the molecule is [CH]1CCN(c2ccncn2)C1. The van der Waals surface area contributed by atoms with Gasteiger partial charge in [-0.3, -0.25) is 0 Å². The molecule has 0 atom stereocenters. The Labute approximate surface area is 66.1 Å². The third-order valence-electron chi connectivity index (χ3n) is 1.84. The predicted molar refractivity (Wildman–Crippen MR) is 43.2 cm³/mol. The molecule has 57 valence electrons. The summed E-state index contributed by atoms with van der Waals surface area (Å²) in [5, 5.41) is 0. The summed E-state index contributed by atoms with van der Waals surface area (Å²) in [6.07, 6.45) is 6.81. The summed E-state index contributed by atoms with van der Waals surface area (Å²) < 4.78 is 0. The molecule has 0 aromatic carbocycles. The van der Waals surface area contributed by atoms with E-state index in [-0.39, 0.29) is 0 Å². The number of anilines is 1. The van der Waals surface area contributed by atoms with Crippen molar-refractivity contribution in [2.45, 2.75) is 6.42 Å². The Morgan fingerprint density at radius 1 is 1.45 bits per heavy atom. The van der Waals surface area contributed by atoms with Gasteiger partial charge in [0.1, 0.15) is 12.1 Å². The average Bonchev–Trinajstić information content (AvgIpc) is 2.58. The third-order valence-corrected chi connectivity index (χ3v) is 1.84. The maximum absolute atomic E-state index is 4.16. The van der Waals surface area contributed by atoms with Crippen LogP contribution in [-0.2, 0) is 0 Å². The van der Waals surface area contributed by atoms with Crippen molar-refractivity contribution in [1.29, 1.82) is 0 Å². The summed E-state index contributed by atoms with van der Waals surface area (Å²) in [6, 6.07) is 1.94. The second kappa shape index (κ2) is 2.86. The van der Waals surface area contributed by atoms with Crippen LogP contribution in [0.3, 0.4) is 0 Å². The van der Waals surface area contributed by atoms with E-state index in [1.807, 2.05) is 6.07 Å². The summed E-state index contributed by atoms with van der Waals surface area (Å²) in [4.78, 5) is 10.3. The van der Waals surface area contributed by atoms with Gasteiger partial charge < -0.3 is 4.90 Å². The second-order valence-electron chi connectivity index (χ2n) is 2.59. The molecule has 2 rings (SSSR count). The van der Waals surface area contributed by atoms with Crippen molar-refractivity contribution < 1.29 is 0 Å². The summed E-state index contributed by atoms with van der Waals surface area (Å²) in [5.41, 5.74) is 0. The van der Waals surface area contributed by atoms with Crippen molar-refractivity contribution in [3.05, 3.63) is 25.0 Å². The van der Waals surface area contributed by atoms with Crippen LogP contribution in [0, 0.1) is 6.42 Å². The molecular weight excluding hydrogens is 138 g/mol. The largest absolute Gasteiger partial charge is 0.356 e. The van der Waals surface area contributed by atoms with E-state index in [0.717, 1.165) is 18.9 Å². The van der Waals surface area contributed by atoms with Gasteiger partial charge in [-0.15, -0.1) is 0 Å². The fourth-order valence-corrected chi connectivity index (χ4v) is 1.26. The lowest BCUT2D eigenvalue weighted by Crippen LogP contribution is -2.18. The molecule has 1 radical (unpaired) electrons. The number of hydrogen-bond donors (Lipinski definition) is 0. The van der Waals surface area contributed by atoms with Gasteiger partial charge >= 0.3 is 0 Å². The molecule has 0 saturated carbocycles. The van der Waals surface area contributed by atoms with Gasteiger partial charge in [-0.25, -0.2) is 9.97 Å². The zero-order valence-electron chi connectivity index (χ0n) is 6.27. The van der Waals surface area contributed by atoms with Crippen LogP contribution in [0.25, 0.3) is 0 Å². The zero-order chi connectivity index (χ0) is 7.52. The number of hydrogen-bond acceptors (Lipinski definition) is 3. The molecular formula is C8H10N3. The van der Waals surface area contributed by atoms with E-state index in [0.29, 0.717) is 0 Å². The van der Waals surface area contributed by atoms with E-state index < -0.39 is 0 Å². The first-order valence-electron chi connectivity index (χ1n) is 3.79. The lowest BCUT2D eigenvalue weighted by atomic mass is 10.4. The molecule has 1 aliphatic heterocycles. The fourth-order valence-electron chi connectivity index (χ4n) is 1.26. The first kappa shape index (κ1) is 6.58. The molecule has 0 bridgehead atoms. The van der Waals surface area contributed by atoms with E-state index in [4.69, 9.17) is 0 Å². The minimum atomic E-state index is 1.02. The predicted octanol–water partition coefficient (Wildman–Crippen LogP) is 0.891. The molecule has 0 unspecified atom stereocenters. The second-order valence-corrected chi connectivity index (χ2v) is 2.59. The zero-order valence-corrected chi connectivity index (χ0v) is 6.27. The molecule has 0 spiro atoms. The average molecular weight is 148 g/mol. The van der Waals surface area contributed by atoms with E-state index in [1.165, 1.54) is 6.42 Å². The van der Waals surface area contributed by atoms with Crippen LogP contribution in [0.15, 0.2) is 18.6 Å². The quantitative estimate of drug-likeness (QED) is 0.592.